The van der Waals surface area contributed by atoms with E-state index < -0.39 is 0 Å². The third kappa shape index (κ3) is 2.87. The van der Waals surface area contributed by atoms with Gasteiger partial charge in [0.05, 0.1) is 12.0 Å². The maximum absolute atomic E-state index is 13.1. The fourth-order valence-electron chi connectivity index (χ4n) is 3.39. The molecule has 0 spiro atoms. The molecule has 25 heavy (non-hydrogen) atoms. The van der Waals surface area contributed by atoms with Gasteiger partial charge in [0.1, 0.15) is 6.33 Å². The average molecular weight is 333 g/mol. The molecule has 1 aromatic heterocycles. The van der Waals surface area contributed by atoms with E-state index in [9.17, 15) is 4.79 Å². The van der Waals surface area contributed by atoms with Gasteiger partial charge in [-0.15, -0.1) is 0 Å². The van der Waals surface area contributed by atoms with Gasteiger partial charge in [0, 0.05) is 11.7 Å². The van der Waals surface area contributed by atoms with Crippen molar-refractivity contribution >= 4 is 17.5 Å². The highest BCUT2D eigenvalue weighted by atomic mass is 16.2. The quantitative estimate of drug-likeness (QED) is 0.773. The Morgan fingerprint density at radius 3 is 2.48 bits per heavy atom. The summed E-state index contributed by atoms with van der Waals surface area (Å²) >= 11 is 0. The van der Waals surface area contributed by atoms with Crippen LogP contribution in [0.2, 0.25) is 0 Å². The number of nitrogens with one attached hydrogen (secondary N) is 2. The molecule has 0 bridgehead atoms. The summed E-state index contributed by atoms with van der Waals surface area (Å²) in [6.45, 7) is 2.00. The minimum atomic E-state index is -0.322. The standard InChI is InChI=1S/C19H19N5O/c1-13-16(18(25)23-15-10-6-3-7-11-15)17(14-8-4-2-5-9-14)24-19(22-13)20-12-21-24/h2-13,16-17H,1H3,(H,23,25)(H,20,21,22)/t13-,16+,17-/m0/s1. The van der Waals surface area contributed by atoms with Crippen LogP contribution in [0.15, 0.2) is 67.0 Å². The summed E-state index contributed by atoms with van der Waals surface area (Å²) in [6.07, 6.45) is 1.52. The average Bonchev–Trinajstić information content (AvgIpc) is 3.10. The van der Waals surface area contributed by atoms with Crippen molar-refractivity contribution in [2.24, 2.45) is 5.92 Å². The van der Waals surface area contributed by atoms with Crippen LogP contribution in [-0.2, 0) is 4.79 Å². The van der Waals surface area contributed by atoms with Gasteiger partial charge in [-0.3, -0.25) is 4.79 Å². The second-order valence-corrected chi connectivity index (χ2v) is 6.20. The zero-order chi connectivity index (χ0) is 17.2. The third-order valence-electron chi connectivity index (χ3n) is 4.56. The molecule has 0 fully saturated rings. The molecule has 6 heteroatoms. The normalized spacial score (nSPS) is 21.9. The Hall–Kier alpha value is -3.15. The Kier molecular flexibility index (Phi) is 3.93. The largest absolute Gasteiger partial charge is 0.351 e. The summed E-state index contributed by atoms with van der Waals surface area (Å²) in [5, 5.41) is 10.7. The first kappa shape index (κ1) is 15.4. The highest BCUT2D eigenvalue weighted by Gasteiger charge is 2.41. The number of nitrogens with zero attached hydrogens (tertiary/aromatic N) is 3. The fourth-order valence-corrected chi connectivity index (χ4v) is 3.39. The minimum absolute atomic E-state index is 0.0406. The van der Waals surface area contributed by atoms with E-state index in [4.69, 9.17) is 0 Å². The lowest BCUT2D eigenvalue weighted by Gasteiger charge is -2.36. The number of hydrogen-bond acceptors (Lipinski definition) is 4. The Balaban J connectivity index is 1.72. The van der Waals surface area contributed by atoms with Crippen LogP contribution in [0.25, 0.3) is 0 Å². The van der Waals surface area contributed by atoms with E-state index in [1.165, 1.54) is 6.33 Å². The van der Waals surface area contributed by atoms with E-state index in [-0.39, 0.29) is 23.9 Å². The minimum Gasteiger partial charge on any atom is -0.351 e. The van der Waals surface area contributed by atoms with E-state index >= 15 is 0 Å². The van der Waals surface area contributed by atoms with E-state index in [0.717, 1.165) is 11.3 Å². The molecule has 2 N–H and O–H groups in total. The van der Waals surface area contributed by atoms with Crippen molar-refractivity contribution in [1.29, 1.82) is 0 Å². The van der Waals surface area contributed by atoms with Crippen molar-refractivity contribution in [3.63, 3.8) is 0 Å². The smallest absolute Gasteiger partial charge is 0.232 e. The summed E-state index contributed by atoms with van der Waals surface area (Å²) in [4.78, 5) is 17.4. The molecule has 0 aliphatic carbocycles. The van der Waals surface area contributed by atoms with Gasteiger partial charge in [0.15, 0.2) is 0 Å². The number of hydrogen-bond donors (Lipinski definition) is 2. The predicted octanol–water partition coefficient (Wildman–Crippen LogP) is 2.94. The van der Waals surface area contributed by atoms with Crippen LogP contribution in [0.3, 0.4) is 0 Å². The first-order chi connectivity index (χ1) is 12.2. The lowest BCUT2D eigenvalue weighted by Crippen LogP contribution is -2.46. The Labute approximate surface area is 145 Å². The van der Waals surface area contributed by atoms with Crippen molar-refractivity contribution in [2.75, 3.05) is 10.6 Å². The molecular weight excluding hydrogens is 314 g/mol. The molecule has 0 unspecified atom stereocenters. The summed E-state index contributed by atoms with van der Waals surface area (Å²) in [5.41, 5.74) is 1.83. The highest BCUT2D eigenvalue weighted by Crippen LogP contribution is 2.36. The van der Waals surface area contributed by atoms with Crippen LogP contribution in [0.1, 0.15) is 18.5 Å². The Morgan fingerprint density at radius 2 is 1.76 bits per heavy atom. The van der Waals surface area contributed by atoms with E-state index in [1.807, 2.05) is 67.6 Å². The van der Waals surface area contributed by atoms with Crippen molar-refractivity contribution in [3.8, 4) is 0 Å². The summed E-state index contributed by atoms with van der Waals surface area (Å²) < 4.78 is 1.80. The van der Waals surface area contributed by atoms with Gasteiger partial charge in [-0.25, -0.2) is 4.68 Å². The van der Waals surface area contributed by atoms with Gasteiger partial charge in [-0.05, 0) is 24.6 Å². The zero-order valence-corrected chi connectivity index (χ0v) is 13.8. The number of rotatable bonds is 3. The van der Waals surface area contributed by atoms with E-state index in [2.05, 4.69) is 20.7 Å². The monoisotopic (exact) mass is 333 g/mol. The van der Waals surface area contributed by atoms with Gasteiger partial charge in [-0.1, -0.05) is 48.5 Å². The van der Waals surface area contributed by atoms with Gasteiger partial charge in [0.2, 0.25) is 11.9 Å². The number of carbonyl (C=O) groups excluding carboxylic acids is 1. The molecule has 2 aromatic carbocycles. The van der Waals surface area contributed by atoms with E-state index in [1.54, 1.807) is 4.68 Å². The molecule has 1 aliphatic heterocycles. The molecule has 1 aliphatic rings. The molecular formula is C19H19N5O. The van der Waals surface area contributed by atoms with Crippen LogP contribution >= 0.6 is 0 Å². The molecule has 2 heterocycles. The molecule has 0 saturated carbocycles. The van der Waals surface area contributed by atoms with Crippen LogP contribution in [-0.4, -0.2) is 26.7 Å². The van der Waals surface area contributed by atoms with Gasteiger partial charge < -0.3 is 10.6 Å². The van der Waals surface area contributed by atoms with Crippen LogP contribution in [0, 0.1) is 5.92 Å². The van der Waals surface area contributed by atoms with Gasteiger partial charge in [-0.2, -0.15) is 10.1 Å². The number of para-hydroxylation sites is 1. The molecule has 0 radical (unpaired) electrons. The Morgan fingerprint density at radius 1 is 1.08 bits per heavy atom. The number of fused-ring (bicyclic) bond motifs is 1. The van der Waals surface area contributed by atoms with Crippen LogP contribution in [0.5, 0.6) is 0 Å². The molecule has 3 aromatic rings. The number of anilines is 2. The van der Waals surface area contributed by atoms with Crippen molar-refractivity contribution in [2.45, 2.75) is 19.0 Å². The highest BCUT2D eigenvalue weighted by molar-refractivity contribution is 5.94. The lowest BCUT2D eigenvalue weighted by molar-refractivity contribution is -0.121. The maximum Gasteiger partial charge on any atom is 0.232 e. The first-order valence-electron chi connectivity index (χ1n) is 8.31. The topological polar surface area (TPSA) is 71.8 Å². The molecule has 1 amide bonds. The lowest BCUT2D eigenvalue weighted by atomic mass is 9.85. The SMILES string of the molecule is C[C@@H]1Nc2ncnn2[C@@H](c2ccccc2)[C@@H]1C(=O)Nc1ccccc1. The first-order valence-corrected chi connectivity index (χ1v) is 8.31. The molecule has 4 rings (SSSR count). The molecule has 126 valence electrons. The maximum atomic E-state index is 13.1. The fraction of sp³-hybridized carbons (Fsp3) is 0.211. The second-order valence-electron chi connectivity index (χ2n) is 6.20. The Bertz CT molecular complexity index is 862. The predicted molar refractivity (Wildman–Crippen MR) is 96.2 cm³/mol. The molecule has 3 atom stereocenters. The van der Waals surface area contributed by atoms with Gasteiger partial charge >= 0.3 is 0 Å². The number of aromatic nitrogens is 3. The number of benzene rings is 2. The summed E-state index contributed by atoms with van der Waals surface area (Å²) in [7, 11) is 0. The van der Waals surface area contributed by atoms with Crippen molar-refractivity contribution in [3.05, 3.63) is 72.6 Å². The molecule has 6 nitrogen and oxygen atoms in total. The molecule has 0 saturated heterocycles. The van der Waals surface area contributed by atoms with Crippen LogP contribution < -0.4 is 10.6 Å². The second kappa shape index (κ2) is 6.39. The number of carbonyl (C=O) groups is 1. The number of amides is 1. The van der Waals surface area contributed by atoms with Crippen molar-refractivity contribution < 1.29 is 4.79 Å². The summed E-state index contributed by atoms with van der Waals surface area (Å²) in [5.74, 6) is 0.322. The summed E-state index contributed by atoms with van der Waals surface area (Å²) in [6, 6.07) is 19.2. The third-order valence-corrected chi connectivity index (χ3v) is 4.56. The van der Waals surface area contributed by atoms with E-state index in [0.29, 0.717) is 5.95 Å². The van der Waals surface area contributed by atoms with Crippen LogP contribution in [0.4, 0.5) is 11.6 Å². The zero-order valence-electron chi connectivity index (χ0n) is 13.8. The van der Waals surface area contributed by atoms with Crippen molar-refractivity contribution in [1.82, 2.24) is 14.8 Å². The van der Waals surface area contributed by atoms with Gasteiger partial charge in [0.25, 0.3) is 0 Å².